The fraction of sp³-hybridized carbons (Fsp3) is 0.467. The minimum atomic E-state index is -0.911. The van der Waals surface area contributed by atoms with Crippen molar-refractivity contribution in [2.24, 2.45) is 0 Å². The van der Waals surface area contributed by atoms with Gasteiger partial charge in [0.15, 0.2) is 6.61 Å². The lowest BCUT2D eigenvalue weighted by Crippen LogP contribution is -2.43. The molecule has 132 valence electrons. The van der Waals surface area contributed by atoms with E-state index in [2.05, 4.69) is 10.6 Å². The first-order chi connectivity index (χ1) is 11.4. The molecule has 0 aromatic carbocycles. The van der Waals surface area contributed by atoms with Gasteiger partial charge in [0.25, 0.3) is 11.8 Å². The zero-order valence-electron chi connectivity index (χ0n) is 13.6. The van der Waals surface area contributed by atoms with E-state index in [1.165, 1.54) is 18.3 Å². The SMILES string of the molecule is CCCCNC(=O)NC(=O)COC(=O)C(C)NC(=O)c1cccs1. The Morgan fingerprint density at radius 2 is 2.04 bits per heavy atom. The smallest absolute Gasteiger partial charge is 0.328 e. The van der Waals surface area contributed by atoms with Gasteiger partial charge in [-0.1, -0.05) is 19.4 Å². The zero-order chi connectivity index (χ0) is 17.9. The summed E-state index contributed by atoms with van der Waals surface area (Å²) in [5.74, 6) is -1.90. The first-order valence-corrected chi connectivity index (χ1v) is 8.40. The fourth-order valence-electron chi connectivity index (χ4n) is 1.58. The van der Waals surface area contributed by atoms with Crippen LogP contribution in [0.1, 0.15) is 36.4 Å². The predicted molar refractivity (Wildman–Crippen MR) is 88.7 cm³/mol. The first kappa shape index (κ1) is 19.6. The summed E-state index contributed by atoms with van der Waals surface area (Å²) in [7, 11) is 0. The molecule has 0 bridgehead atoms. The van der Waals surface area contributed by atoms with Crippen molar-refractivity contribution in [2.75, 3.05) is 13.2 Å². The maximum atomic E-state index is 11.8. The molecule has 4 amide bonds. The van der Waals surface area contributed by atoms with Gasteiger partial charge in [-0.3, -0.25) is 14.9 Å². The summed E-state index contributed by atoms with van der Waals surface area (Å²) < 4.78 is 4.77. The van der Waals surface area contributed by atoms with Crippen molar-refractivity contribution < 1.29 is 23.9 Å². The Morgan fingerprint density at radius 3 is 2.67 bits per heavy atom. The average molecular weight is 355 g/mol. The Labute approximate surface area is 143 Å². The van der Waals surface area contributed by atoms with E-state index < -0.39 is 36.5 Å². The zero-order valence-corrected chi connectivity index (χ0v) is 14.4. The van der Waals surface area contributed by atoms with Crippen molar-refractivity contribution in [1.29, 1.82) is 0 Å². The van der Waals surface area contributed by atoms with Gasteiger partial charge in [-0.2, -0.15) is 0 Å². The van der Waals surface area contributed by atoms with Crippen LogP contribution >= 0.6 is 11.3 Å². The van der Waals surface area contributed by atoms with Crippen LogP contribution in [-0.4, -0.2) is 43.0 Å². The summed E-state index contributed by atoms with van der Waals surface area (Å²) >= 11 is 1.25. The average Bonchev–Trinajstić information content (AvgIpc) is 3.07. The van der Waals surface area contributed by atoms with Crippen LogP contribution in [0.4, 0.5) is 4.79 Å². The number of nitrogens with one attached hydrogen (secondary N) is 3. The Bertz CT molecular complexity index is 574. The lowest BCUT2D eigenvalue weighted by Gasteiger charge is -2.12. The van der Waals surface area contributed by atoms with Gasteiger partial charge in [-0.05, 0) is 24.8 Å². The minimum Gasteiger partial charge on any atom is -0.454 e. The van der Waals surface area contributed by atoms with E-state index in [4.69, 9.17) is 4.74 Å². The molecule has 0 saturated heterocycles. The fourth-order valence-corrected chi connectivity index (χ4v) is 2.21. The van der Waals surface area contributed by atoms with Crippen molar-refractivity contribution in [2.45, 2.75) is 32.7 Å². The molecule has 1 aromatic heterocycles. The second-order valence-electron chi connectivity index (χ2n) is 4.94. The van der Waals surface area contributed by atoms with Crippen LogP contribution in [0.25, 0.3) is 0 Å². The maximum absolute atomic E-state index is 11.8. The lowest BCUT2D eigenvalue weighted by atomic mass is 10.3. The number of urea groups is 1. The van der Waals surface area contributed by atoms with Gasteiger partial charge in [-0.25, -0.2) is 9.59 Å². The monoisotopic (exact) mass is 355 g/mol. The molecule has 0 fully saturated rings. The number of amides is 4. The summed E-state index contributed by atoms with van der Waals surface area (Å²) in [4.78, 5) is 46.8. The van der Waals surface area contributed by atoms with E-state index in [1.54, 1.807) is 17.5 Å². The lowest BCUT2D eigenvalue weighted by molar-refractivity contribution is -0.149. The van der Waals surface area contributed by atoms with E-state index in [9.17, 15) is 19.2 Å². The Hall–Kier alpha value is -2.42. The number of carbonyl (C=O) groups excluding carboxylic acids is 4. The number of hydrogen-bond acceptors (Lipinski definition) is 6. The van der Waals surface area contributed by atoms with Crippen molar-refractivity contribution in [1.82, 2.24) is 16.0 Å². The minimum absolute atomic E-state index is 0.394. The molecule has 9 heteroatoms. The third-order valence-electron chi connectivity index (χ3n) is 2.86. The standard InChI is InChI=1S/C15H21N3O5S/c1-3-4-7-16-15(22)18-12(19)9-23-14(21)10(2)17-13(20)11-6-5-8-24-11/h5-6,8,10H,3-4,7,9H2,1-2H3,(H,17,20)(H2,16,18,19,22). The number of carbonyl (C=O) groups is 4. The number of hydrogen-bond donors (Lipinski definition) is 3. The number of thiophene rings is 1. The van der Waals surface area contributed by atoms with Gasteiger partial charge in [0.1, 0.15) is 6.04 Å². The van der Waals surface area contributed by atoms with Crippen LogP contribution in [0.15, 0.2) is 17.5 Å². The molecule has 0 aliphatic heterocycles. The molecule has 0 aliphatic rings. The largest absolute Gasteiger partial charge is 0.454 e. The van der Waals surface area contributed by atoms with E-state index in [1.807, 2.05) is 12.2 Å². The topological polar surface area (TPSA) is 114 Å². The van der Waals surface area contributed by atoms with Gasteiger partial charge in [0, 0.05) is 6.54 Å². The second kappa shape index (κ2) is 10.4. The molecule has 1 unspecified atom stereocenters. The molecule has 0 spiro atoms. The summed E-state index contributed by atoms with van der Waals surface area (Å²) in [6.45, 7) is 3.28. The molecular formula is C15H21N3O5S. The van der Waals surface area contributed by atoms with Crippen molar-refractivity contribution >= 4 is 35.2 Å². The molecule has 1 rings (SSSR count). The molecule has 1 atom stereocenters. The Morgan fingerprint density at radius 1 is 1.29 bits per heavy atom. The number of imide groups is 1. The van der Waals surface area contributed by atoms with Crippen LogP contribution in [-0.2, 0) is 14.3 Å². The molecular weight excluding hydrogens is 334 g/mol. The quantitative estimate of drug-likeness (QED) is 0.476. The summed E-state index contributed by atoms with van der Waals surface area (Å²) in [6, 6.07) is 1.80. The highest BCUT2D eigenvalue weighted by atomic mass is 32.1. The number of unbranched alkanes of at least 4 members (excludes halogenated alkanes) is 1. The highest BCUT2D eigenvalue weighted by Gasteiger charge is 2.19. The van der Waals surface area contributed by atoms with Crippen LogP contribution in [0.5, 0.6) is 0 Å². The second-order valence-corrected chi connectivity index (χ2v) is 5.89. The molecule has 0 aliphatic carbocycles. The van der Waals surface area contributed by atoms with Crippen LogP contribution in [0.3, 0.4) is 0 Å². The van der Waals surface area contributed by atoms with Crippen LogP contribution < -0.4 is 16.0 Å². The van der Waals surface area contributed by atoms with E-state index in [-0.39, 0.29) is 0 Å². The van der Waals surface area contributed by atoms with E-state index >= 15 is 0 Å². The van der Waals surface area contributed by atoms with E-state index in [0.717, 1.165) is 12.8 Å². The third-order valence-corrected chi connectivity index (χ3v) is 3.73. The molecule has 1 heterocycles. The third kappa shape index (κ3) is 7.23. The van der Waals surface area contributed by atoms with E-state index in [0.29, 0.717) is 11.4 Å². The molecule has 8 nitrogen and oxygen atoms in total. The summed E-state index contributed by atoms with van der Waals surface area (Å²) in [5, 5.41) is 8.75. The van der Waals surface area contributed by atoms with Gasteiger partial charge in [0.2, 0.25) is 0 Å². The van der Waals surface area contributed by atoms with Gasteiger partial charge in [-0.15, -0.1) is 11.3 Å². The van der Waals surface area contributed by atoms with Crippen molar-refractivity contribution in [3.8, 4) is 0 Å². The Kier molecular flexibility index (Phi) is 8.48. The molecule has 3 N–H and O–H groups in total. The number of ether oxygens (including phenoxy) is 1. The normalized spacial score (nSPS) is 11.2. The van der Waals surface area contributed by atoms with Gasteiger partial charge < -0.3 is 15.4 Å². The highest BCUT2D eigenvalue weighted by Crippen LogP contribution is 2.08. The van der Waals surface area contributed by atoms with Gasteiger partial charge in [0.05, 0.1) is 4.88 Å². The van der Waals surface area contributed by atoms with Crippen molar-refractivity contribution in [3.63, 3.8) is 0 Å². The molecule has 1 aromatic rings. The van der Waals surface area contributed by atoms with Crippen LogP contribution in [0, 0.1) is 0 Å². The first-order valence-electron chi connectivity index (χ1n) is 7.52. The predicted octanol–water partition coefficient (Wildman–Crippen LogP) is 1.04. The summed E-state index contributed by atoms with van der Waals surface area (Å²) in [5.41, 5.74) is 0. The summed E-state index contributed by atoms with van der Waals surface area (Å²) in [6.07, 6.45) is 1.72. The molecule has 24 heavy (non-hydrogen) atoms. The number of esters is 1. The van der Waals surface area contributed by atoms with Crippen LogP contribution in [0.2, 0.25) is 0 Å². The molecule has 0 saturated carbocycles. The van der Waals surface area contributed by atoms with Gasteiger partial charge >= 0.3 is 12.0 Å². The van der Waals surface area contributed by atoms with Crippen molar-refractivity contribution in [3.05, 3.63) is 22.4 Å². The maximum Gasteiger partial charge on any atom is 0.328 e. The highest BCUT2D eigenvalue weighted by molar-refractivity contribution is 7.12. The Balaban J connectivity index is 2.27. The number of rotatable bonds is 8. The molecule has 0 radical (unpaired) electrons.